The van der Waals surface area contributed by atoms with E-state index in [9.17, 15) is 23.1 Å². The first-order valence-electron chi connectivity index (χ1n) is 13.2. The van der Waals surface area contributed by atoms with Crippen molar-refractivity contribution in [3.63, 3.8) is 0 Å². The van der Waals surface area contributed by atoms with Gasteiger partial charge in [0.1, 0.15) is 0 Å². The van der Waals surface area contributed by atoms with Crippen LogP contribution >= 0.6 is 36.4 Å². The van der Waals surface area contributed by atoms with Gasteiger partial charge in [-0.3, -0.25) is 14.8 Å². The Bertz CT molecular complexity index is 1570. The average Bonchev–Trinajstić information content (AvgIpc) is 2.99. The zero-order valence-electron chi connectivity index (χ0n) is 23.6. The van der Waals surface area contributed by atoms with Gasteiger partial charge in [-0.05, 0) is 60.0 Å². The number of hydrogen-bond acceptors (Lipinski definition) is 9. The lowest BCUT2D eigenvalue weighted by atomic mass is 10.0. The number of benzene rings is 2. The lowest BCUT2D eigenvalue weighted by Gasteiger charge is -2.47. The van der Waals surface area contributed by atoms with Gasteiger partial charge in [-0.1, -0.05) is 23.7 Å². The largest absolute Gasteiger partial charge is 0.467 e. The molecule has 1 amide bonds. The van der Waals surface area contributed by atoms with Crippen molar-refractivity contribution in [1.82, 2.24) is 19.3 Å². The summed E-state index contributed by atoms with van der Waals surface area (Å²) in [6, 6.07) is 12.4. The van der Waals surface area contributed by atoms with E-state index >= 15 is 0 Å². The molecule has 3 heterocycles. The SMILES string of the molecule is COC(=O)C1CN(S(=O)(=O)c2ccc3cc(Cl)ccc3c2)CC(=O)N1N(C)C1CCN(c2ccnc(CO)c2)CC1.Cl.Cl. The Hall–Kier alpha value is -2.71. The van der Waals surface area contributed by atoms with Crippen LogP contribution in [0.3, 0.4) is 0 Å². The number of esters is 1. The van der Waals surface area contributed by atoms with Gasteiger partial charge in [0, 0.05) is 49.6 Å². The Balaban J connectivity index is 0.00000253. The third-order valence-corrected chi connectivity index (χ3v) is 9.83. The van der Waals surface area contributed by atoms with Crippen LogP contribution in [0.2, 0.25) is 5.02 Å². The van der Waals surface area contributed by atoms with Crippen LogP contribution in [0, 0.1) is 0 Å². The minimum atomic E-state index is -4.09. The van der Waals surface area contributed by atoms with E-state index in [2.05, 4.69) is 9.88 Å². The Morgan fingerprint density at radius 2 is 1.77 bits per heavy atom. The monoisotopic (exact) mass is 673 g/mol. The van der Waals surface area contributed by atoms with E-state index in [4.69, 9.17) is 16.3 Å². The van der Waals surface area contributed by atoms with Crippen molar-refractivity contribution in [2.24, 2.45) is 0 Å². The summed E-state index contributed by atoms with van der Waals surface area (Å²) in [7, 11) is -1.12. The molecule has 3 aromatic rings. The van der Waals surface area contributed by atoms with Crippen molar-refractivity contribution < 1.29 is 27.9 Å². The number of anilines is 1. The fourth-order valence-electron chi connectivity index (χ4n) is 5.55. The number of amides is 1. The molecule has 1 atom stereocenters. The third kappa shape index (κ3) is 7.17. The summed E-state index contributed by atoms with van der Waals surface area (Å²) in [4.78, 5) is 32.8. The van der Waals surface area contributed by atoms with Gasteiger partial charge in [0.15, 0.2) is 6.04 Å². The number of fused-ring (bicyclic) bond motifs is 1. The van der Waals surface area contributed by atoms with Gasteiger partial charge in [0.25, 0.3) is 5.91 Å². The van der Waals surface area contributed by atoms with E-state index in [1.807, 2.05) is 12.1 Å². The number of aliphatic hydroxyl groups excluding tert-OH is 1. The highest BCUT2D eigenvalue weighted by Crippen LogP contribution is 2.29. The topological polar surface area (TPSA) is 124 Å². The number of carbonyl (C=O) groups excluding carboxylic acids is 2. The first kappa shape index (κ1) is 34.8. The molecule has 0 bridgehead atoms. The number of piperazine rings is 1. The Labute approximate surface area is 268 Å². The Morgan fingerprint density at radius 1 is 1.09 bits per heavy atom. The predicted molar refractivity (Wildman–Crippen MR) is 168 cm³/mol. The summed E-state index contributed by atoms with van der Waals surface area (Å²) in [5.41, 5.74) is 1.55. The van der Waals surface area contributed by atoms with Crippen molar-refractivity contribution in [2.75, 3.05) is 45.2 Å². The number of hydrazine groups is 1. The number of halogens is 3. The zero-order chi connectivity index (χ0) is 29.3. The second-order valence-corrected chi connectivity index (χ2v) is 12.6. The Kier molecular flexibility index (Phi) is 11.6. The molecule has 0 aliphatic carbocycles. The molecule has 15 heteroatoms. The lowest BCUT2D eigenvalue weighted by molar-refractivity contribution is -0.178. The Morgan fingerprint density at radius 3 is 2.44 bits per heavy atom. The maximum atomic E-state index is 13.6. The summed E-state index contributed by atoms with van der Waals surface area (Å²) in [5, 5.41) is 14.5. The maximum Gasteiger partial charge on any atom is 0.331 e. The third-order valence-electron chi connectivity index (χ3n) is 7.78. The van der Waals surface area contributed by atoms with Gasteiger partial charge in [-0.15, -0.1) is 24.8 Å². The van der Waals surface area contributed by atoms with Crippen LogP contribution in [0.25, 0.3) is 10.8 Å². The number of hydrogen-bond donors (Lipinski definition) is 1. The molecule has 1 unspecified atom stereocenters. The molecule has 0 spiro atoms. The van der Waals surface area contributed by atoms with E-state index in [0.717, 1.165) is 15.4 Å². The number of piperidine rings is 1. The molecule has 2 fully saturated rings. The van der Waals surface area contributed by atoms with Crippen LogP contribution in [0.4, 0.5) is 5.69 Å². The normalized spacial score (nSPS) is 18.3. The number of carbonyl (C=O) groups is 2. The van der Waals surface area contributed by atoms with E-state index in [1.165, 1.54) is 24.3 Å². The number of sulfonamides is 1. The van der Waals surface area contributed by atoms with Crippen molar-refractivity contribution in [2.45, 2.75) is 36.4 Å². The van der Waals surface area contributed by atoms with E-state index < -0.39 is 34.5 Å². The molecule has 2 aliphatic rings. The second-order valence-electron chi connectivity index (χ2n) is 10.2. The summed E-state index contributed by atoms with van der Waals surface area (Å²) < 4.78 is 33.3. The molecule has 2 saturated heterocycles. The number of aromatic nitrogens is 1. The number of ether oxygens (including phenoxy) is 1. The van der Waals surface area contributed by atoms with Gasteiger partial charge >= 0.3 is 5.97 Å². The fourth-order valence-corrected chi connectivity index (χ4v) is 7.16. The number of aliphatic hydroxyl groups is 1. The molecule has 2 aliphatic heterocycles. The zero-order valence-corrected chi connectivity index (χ0v) is 26.8. The molecule has 1 N–H and O–H groups in total. The minimum absolute atomic E-state index is 0. The van der Waals surface area contributed by atoms with Crippen LogP contribution in [0.1, 0.15) is 18.5 Å². The van der Waals surface area contributed by atoms with E-state index in [-0.39, 0.29) is 48.9 Å². The fraction of sp³-hybridized carbons (Fsp3) is 0.393. The van der Waals surface area contributed by atoms with Crippen LogP contribution in [0.15, 0.2) is 59.6 Å². The number of nitrogens with zero attached hydrogens (tertiary/aromatic N) is 5. The summed E-state index contributed by atoms with van der Waals surface area (Å²) in [6.45, 7) is 0.620. The van der Waals surface area contributed by atoms with Crippen molar-refractivity contribution >= 4 is 74.8 Å². The highest BCUT2D eigenvalue weighted by Gasteiger charge is 2.45. The molecule has 0 radical (unpaired) electrons. The van der Waals surface area contributed by atoms with E-state index in [1.54, 1.807) is 42.5 Å². The predicted octanol–water partition coefficient (Wildman–Crippen LogP) is 3.11. The standard InChI is InChI=1S/C28H32ClN5O6S.2ClH/c1-31(23-8-11-32(12-9-23)24-7-10-30-22(15-24)18-35)34-26(28(37)40-2)16-33(17-27(34)36)41(38,39)25-6-4-19-13-21(29)5-3-20(19)14-25;;/h3-7,10,13-15,23,26,35H,8-9,11-12,16-18H2,1-2H3;2*1H. The van der Waals surface area contributed by atoms with Crippen molar-refractivity contribution in [3.8, 4) is 0 Å². The molecule has 2 aromatic carbocycles. The number of rotatable bonds is 7. The van der Waals surface area contributed by atoms with Crippen LogP contribution in [-0.4, -0.2) is 97.1 Å². The lowest BCUT2D eigenvalue weighted by Crippen LogP contribution is -2.66. The molecule has 11 nitrogen and oxygen atoms in total. The molecule has 0 saturated carbocycles. The van der Waals surface area contributed by atoms with Crippen LogP contribution in [0.5, 0.6) is 0 Å². The van der Waals surface area contributed by atoms with Crippen molar-refractivity contribution in [1.29, 1.82) is 0 Å². The highest BCUT2D eigenvalue weighted by molar-refractivity contribution is 7.89. The van der Waals surface area contributed by atoms with Crippen LogP contribution < -0.4 is 4.90 Å². The molecular weight excluding hydrogens is 641 g/mol. The molecular formula is C28H34Cl3N5O6S. The smallest absolute Gasteiger partial charge is 0.331 e. The molecule has 234 valence electrons. The first-order chi connectivity index (χ1) is 19.6. The summed E-state index contributed by atoms with van der Waals surface area (Å²) in [6.07, 6.45) is 3.07. The second kappa shape index (κ2) is 14.4. The van der Waals surface area contributed by atoms with Gasteiger partial charge < -0.3 is 14.7 Å². The van der Waals surface area contributed by atoms with Crippen LogP contribution in [-0.2, 0) is 31.0 Å². The average molecular weight is 675 g/mol. The first-order valence-corrected chi connectivity index (χ1v) is 15.1. The highest BCUT2D eigenvalue weighted by atomic mass is 35.5. The summed E-state index contributed by atoms with van der Waals surface area (Å²) >= 11 is 6.06. The summed E-state index contributed by atoms with van der Waals surface area (Å²) in [5.74, 6) is -1.20. The minimum Gasteiger partial charge on any atom is -0.467 e. The van der Waals surface area contributed by atoms with Gasteiger partial charge in [-0.2, -0.15) is 4.31 Å². The quantitative estimate of drug-likeness (QED) is 0.377. The molecule has 43 heavy (non-hydrogen) atoms. The number of pyridine rings is 1. The molecule has 5 rings (SSSR count). The van der Waals surface area contributed by atoms with Gasteiger partial charge in [0.2, 0.25) is 10.0 Å². The maximum absolute atomic E-state index is 13.6. The van der Waals surface area contributed by atoms with E-state index in [0.29, 0.717) is 42.0 Å². The van der Waals surface area contributed by atoms with Gasteiger partial charge in [-0.25, -0.2) is 18.2 Å². The van der Waals surface area contributed by atoms with Gasteiger partial charge in [0.05, 0.1) is 30.9 Å². The molecule has 1 aromatic heterocycles. The van der Waals surface area contributed by atoms with Crippen molar-refractivity contribution in [3.05, 3.63) is 65.4 Å². The number of methoxy groups -OCH3 is 1.